The van der Waals surface area contributed by atoms with Gasteiger partial charge in [0.05, 0.1) is 17.9 Å². The lowest BCUT2D eigenvalue weighted by molar-refractivity contribution is 0.833. The van der Waals surface area contributed by atoms with Crippen molar-refractivity contribution in [3.8, 4) is 0 Å². The molecule has 0 spiro atoms. The van der Waals surface area contributed by atoms with Gasteiger partial charge in [0.2, 0.25) is 0 Å². The standard InChI is InChI=1S/C12H14N6/c1-8-7-15-9(2)12-16-11(17-18(8)12)4-3-10-13-5-6-14-10/h5,7H,3-4,6H2,1-2H3. The van der Waals surface area contributed by atoms with Gasteiger partial charge in [0, 0.05) is 25.3 Å². The second kappa shape index (κ2) is 4.29. The Morgan fingerprint density at radius 3 is 2.89 bits per heavy atom. The molecule has 2 aromatic heterocycles. The van der Waals surface area contributed by atoms with Crippen molar-refractivity contribution in [2.45, 2.75) is 26.7 Å². The van der Waals surface area contributed by atoms with Crippen molar-refractivity contribution in [3.05, 3.63) is 23.4 Å². The van der Waals surface area contributed by atoms with Crippen LogP contribution in [0, 0.1) is 13.8 Å². The highest BCUT2D eigenvalue weighted by Gasteiger charge is 2.10. The Balaban J connectivity index is 1.87. The lowest BCUT2D eigenvalue weighted by Gasteiger charge is -1.97. The molecule has 18 heavy (non-hydrogen) atoms. The molecular formula is C12H14N6. The van der Waals surface area contributed by atoms with E-state index >= 15 is 0 Å². The zero-order valence-electron chi connectivity index (χ0n) is 10.5. The van der Waals surface area contributed by atoms with Gasteiger partial charge in [-0.05, 0) is 13.8 Å². The average Bonchev–Trinajstić information content (AvgIpc) is 3.00. The molecule has 3 rings (SSSR count). The summed E-state index contributed by atoms with van der Waals surface area (Å²) < 4.78 is 1.84. The molecule has 6 heteroatoms. The van der Waals surface area contributed by atoms with Crippen LogP contribution in [0.15, 0.2) is 16.2 Å². The molecule has 3 heterocycles. The van der Waals surface area contributed by atoms with E-state index in [2.05, 4.69) is 25.1 Å². The number of nitrogens with zero attached hydrogens (tertiary/aromatic N) is 6. The minimum absolute atomic E-state index is 0.704. The highest BCUT2D eigenvalue weighted by atomic mass is 15.3. The summed E-state index contributed by atoms with van der Waals surface area (Å²) in [4.78, 5) is 17.3. The van der Waals surface area contributed by atoms with Crippen molar-refractivity contribution in [3.63, 3.8) is 0 Å². The summed E-state index contributed by atoms with van der Waals surface area (Å²) >= 11 is 0. The monoisotopic (exact) mass is 242 g/mol. The van der Waals surface area contributed by atoms with Gasteiger partial charge in [0.1, 0.15) is 5.84 Å². The smallest absolute Gasteiger partial charge is 0.177 e. The molecule has 6 nitrogen and oxygen atoms in total. The Hall–Kier alpha value is -2.11. The maximum atomic E-state index is 4.52. The van der Waals surface area contributed by atoms with E-state index in [0.717, 1.165) is 41.5 Å². The Bertz CT molecular complexity index is 613. The SMILES string of the molecule is Cc1ncc(C)n2nc(CCC3=NCC=N3)nc12. The maximum Gasteiger partial charge on any atom is 0.177 e. The molecule has 1 aliphatic heterocycles. The summed E-state index contributed by atoms with van der Waals surface area (Å²) in [6.45, 7) is 4.62. The fourth-order valence-electron chi connectivity index (χ4n) is 1.94. The number of rotatable bonds is 3. The van der Waals surface area contributed by atoms with Gasteiger partial charge >= 0.3 is 0 Å². The lowest BCUT2D eigenvalue weighted by atomic mass is 10.3. The summed E-state index contributed by atoms with van der Waals surface area (Å²) in [6, 6.07) is 0. The first-order valence-electron chi connectivity index (χ1n) is 5.98. The Labute approximate surface area is 105 Å². The molecule has 0 aliphatic carbocycles. The van der Waals surface area contributed by atoms with E-state index in [9.17, 15) is 0 Å². The minimum Gasteiger partial charge on any atom is -0.265 e. The van der Waals surface area contributed by atoms with Crippen LogP contribution in [-0.2, 0) is 6.42 Å². The van der Waals surface area contributed by atoms with Gasteiger partial charge in [0.25, 0.3) is 0 Å². The van der Waals surface area contributed by atoms with E-state index in [1.165, 1.54) is 0 Å². The molecule has 0 N–H and O–H groups in total. The van der Waals surface area contributed by atoms with Crippen molar-refractivity contribution < 1.29 is 0 Å². The van der Waals surface area contributed by atoms with Crippen molar-refractivity contribution in [1.29, 1.82) is 0 Å². The van der Waals surface area contributed by atoms with Gasteiger partial charge < -0.3 is 0 Å². The predicted octanol–water partition coefficient (Wildman–Crippen LogP) is 1.16. The first kappa shape index (κ1) is 11.0. The number of aromatic nitrogens is 4. The molecule has 0 atom stereocenters. The van der Waals surface area contributed by atoms with Gasteiger partial charge in [-0.15, -0.1) is 0 Å². The van der Waals surface area contributed by atoms with Gasteiger partial charge in [-0.2, -0.15) is 5.10 Å². The third-order valence-corrected chi connectivity index (χ3v) is 2.92. The van der Waals surface area contributed by atoms with Gasteiger partial charge in [-0.3, -0.25) is 9.98 Å². The quantitative estimate of drug-likeness (QED) is 0.811. The molecule has 0 amide bonds. The van der Waals surface area contributed by atoms with Gasteiger partial charge in [-0.25, -0.2) is 14.5 Å². The summed E-state index contributed by atoms with van der Waals surface area (Å²) in [5, 5.41) is 4.49. The molecule has 0 saturated carbocycles. The van der Waals surface area contributed by atoms with Crippen molar-refractivity contribution in [1.82, 2.24) is 19.6 Å². The van der Waals surface area contributed by atoms with Crippen LogP contribution >= 0.6 is 0 Å². The Kier molecular flexibility index (Phi) is 2.62. The van der Waals surface area contributed by atoms with Crippen LogP contribution in [0.25, 0.3) is 5.65 Å². The van der Waals surface area contributed by atoms with Crippen LogP contribution < -0.4 is 0 Å². The first-order chi connectivity index (χ1) is 8.74. The van der Waals surface area contributed by atoms with Crippen LogP contribution in [-0.4, -0.2) is 38.2 Å². The highest BCUT2D eigenvalue weighted by Crippen LogP contribution is 2.09. The molecule has 0 saturated heterocycles. The first-order valence-corrected chi connectivity index (χ1v) is 5.98. The third kappa shape index (κ3) is 1.90. The second-order valence-electron chi connectivity index (χ2n) is 4.32. The van der Waals surface area contributed by atoms with E-state index < -0.39 is 0 Å². The van der Waals surface area contributed by atoms with E-state index in [0.29, 0.717) is 6.54 Å². The molecule has 2 aromatic rings. The van der Waals surface area contributed by atoms with Crippen LogP contribution in [0.1, 0.15) is 23.6 Å². The number of hydrogen-bond donors (Lipinski definition) is 0. The molecule has 0 bridgehead atoms. The molecule has 1 aliphatic rings. The molecular weight excluding hydrogens is 228 g/mol. The number of aliphatic imine (C=N–C) groups is 2. The van der Waals surface area contributed by atoms with Crippen molar-refractivity contribution in [2.24, 2.45) is 9.98 Å². The van der Waals surface area contributed by atoms with E-state index in [4.69, 9.17) is 0 Å². The highest BCUT2D eigenvalue weighted by molar-refractivity contribution is 5.94. The zero-order chi connectivity index (χ0) is 12.5. The molecule has 0 aromatic carbocycles. The Morgan fingerprint density at radius 1 is 1.28 bits per heavy atom. The number of hydrogen-bond acceptors (Lipinski definition) is 5. The van der Waals surface area contributed by atoms with Crippen LogP contribution in [0.4, 0.5) is 0 Å². The normalized spacial score (nSPS) is 14.4. The number of amidine groups is 1. The topological polar surface area (TPSA) is 67.8 Å². The fourth-order valence-corrected chi connectivity index (χ4v) is 1.94. The molecule has 0 radical (unpaired) electrons. The fraction of sp³-hybridized carbons (Fsp3) is 0.417. The van der Waals surface area contributed by atoms with Crippen molar-refractivity contribution >= 4 is 17.7 Å². The summed E-state index contributed by atoms with van der Waals surface area (Å²) in [7, 11) is 0. The second-order valence-corrected chi connectivity index (χ2v) is 4.32. The Morgan fingerprint density at radius 2 is 2.17 bits per heavy atom. The summed E-state index contributed by atoms with van der Waals surface area (Å²) in [5.74, 6) is 1.71. The minimum atomic E-state index is 0.704. The average molecular weight is 242 g/mol. The van der Waals surface area contributed by atoms with Crippen molar-refractivity contribution in [2.75, 3.05) is 6.54 Å². The number of aryl methyl sites for hydroxylation is 3. The van der Waals surface area contributed by atoms with E-state index in [1.807, 2.05) is 30.8 Å². The van der Waals surface area contributed by atoms with Gasteiger partial charge in [0.15, 0.2) is 11.5 Å². The van der Waals surface area contributed by atoms with Gasteiger partial charge in [-0.1, -0.05) is 0 Å². The number of fused-ring (bicyclic) bond motifs is 1. The molecule has 0 unspecified atom stereocenters. The van der Waals surface area contributed by atoms with Crippen LogP contribution in [0.5, 0.6) is 0 Å². The largest absolute Gasteiger partial charge is 0.265 e. The van der Waals surface area contributed by atoms with Crippen LogP contribution in [0.2, 0.25) is 0 Å². The maximum absolute atomic E-state index is 4.52. The molecule has 92 valence electrons. The summed E-state index contributed by atoms with van der Waals surface area (Å²) in [6.07, 6.45) is 5.19. The zero-order valence-corrected chi connectivity index (χ0v) is 10.5. The molecule has 0 fully saturated rings. The van der Waals surface area contributed by atoms with E-state index in [-0.39, 0.29) is 0 Å². The summed E-state index contributed by atoms with van der Waals surface area (Å²) in [5.41, 5.74) is 2.73. The van der Waals surface area contributed by atoms with E-state index in [1.54, 1.807) is 0 Å². The van der Waals surface area contributed by atoms with Crippen LogP contribution in [0.3, 0.4) is 0 Å². The predicted molar refractivity (Wildman–Crippen MR) is 69.4 cm³/mol. The third-order valence-electron chi connectivity index (χ3n) is 2.92. The lowest BCUT2D eigenvalue weighted by Crippen LogP contribution is -1.98.